The van der Waals surface area contributed by atoms with Crippen LogP contribution < -0.4 is 10.6 Å². The van der Waals surface area contributed by atoms with Crippen LogP contribution in [0.25, 0.3) is 0 Å². The van der Waals surface area contributed by atoms with Gasteiger partial charge >= 0.3 is 0 Å². The molecule has 0 aliphatic rings. The zero-order valence-corrected chi connectivity index (χ0v) is 12.0. The van der Waals surface area contributed by atoms with Gasteiger partial charge in [0.1, 0.15) is 0 Å². The molecule has 0 radical (unpaired) electrons. The van der Waals surface area contributed by atoms with Gasteiger partial charge in [0.2, 0.25) is 5.91 Å². The molecule has 0 aromatic heterocycles. The second-order valence-corrected chi connectivity index (χ2v) is 6.14. The van der Waals surface area contributed by atoms with Crippen molar-refractivity contribution in [3.8, 4) is 0 Å². The van der Waals surface area contributed by atoms with Crippen molar-refractivity contribution in [2.24, 2.45) is 5.92 Å². The van der Waals surface area contributed by atoms with Crippen molar-refractivity contribution in [3.05, 3.63) is 0 Å². The van der Waals surface area contributed by atoms with E-state index in [9.17, 15) is 9.90 Å². The average Bonchev–Trinajstić information content (AvgIpc) is 2.13. The van der Waals surface area contributed by atoms with E-state index in [1.807, 2.05) is 27.7 Å². The van der Waals surface area contributed by atoms with E-state index in [2.05, 4.69) is 24.5 Å². The van der Waals surface area contributed by atoms with Gasteiger partial charge in [-0.25, -0.2) is 0 Å². The highest BCUT2D eigenvalue weighted by Gasteiger charge is 2.21. The number of amides is 1. The smallest absolute Gasteiger partial charge is 0.237 e. The molecule has 0 aliphatic heterocycles. The van der Waals surface area contributed by atoms with Crippen LogP contribution in [-0.2, 0) is 4.79 Å². The fraction of sp³-hybridized carbons (Fsp3) is 0.923. The normalized spacial score (nSPS) is 15.8. The molecule has 17 heavy (non-hydrogen) atoms. The highest BCUT2D eigenvalue weighted by molar-refractivity contribution is 5.81. The first kappa shape index (κ1) is 16.4. The van der Waals surface area contributed by atoms with Crippen molar-refractivity contribution < 1.29 is 9.90 Å². The Bertz CT molecular complexity index is 234. The summed E-state index contributed by atoms with van der Waals surface area (Å²) in [5.74, 6) is 0.470. The second-order valence-electron chi connectivity index (χ2n) is 6.14. The number of carbonyl (C=O) groups is 1. The number of nitrogens with one attached hydrogen (secondary N) is 2. The van der Waals surface area contributed by atoms with Crippen molar-refractivity contribution in [1.82, 2.24) is 10.6 Å². The molecular formula is C13H28N2O2. The predicted octanol–water partition coefficient (Wildman–Crippen LogP) is 1.29. The van der Waals surface area contributed by atoms with Crippen LogP contribution >= 0.6 is 0 Å². The Hall–Kier alpha value is -0.610. The molecule has 0 heterocycles. The predicted molar refractivity (Wildman–Crippen MR) is 70.8 cm³/mol. The zero-order chi connectivity index (χ0) is 13.6. The molecule has 0 saturated heterocycles. The van der Waals surface area contributed by atoms with Crippen LogP contribution in [0.1, 0.15) is 48.0 Å². The molecular weight excluding hydrogens is 216 g/mol. The molecule has 4 heteroatoms. The molecule has 0 bridgehead atoms. The molecule has 102 valence electrons. The number of aliphatic hydroxyl groups excluding tert-OH is 1. The Morgan fingerprint density at radius 3 is 2.12 bits per heavy atom. The SMILES string of the molecule is CC(C)CC(CO)NC(C)C(=O)NC(C)(C)C. The Labute approximate surface area is 105 Å². The summed E-state index contributed by atoms with van der Waals surface area (Å²) in [6, 6.07) is -0.305. The minimum absolute atomic E-state index is 0.0179. The van der Waals surface area contributed by atoms with Gasteiger partial charge in [-0.15, -0.1) is 0 Å². The van der Waals surface area contributed by atoms with Crippen molar-refractivity contribution >= 4 is 5.91 Å². The number of rotatable bonds is 6. The summed E-state index contributed by atoms with van der Waals surface area (Å²) in [5.41, 5.74) is -0.222. The number of aliphatic hydroxyl groups is 1. The quantitative estimate of drug-likeness (QED) is 0.660. The molecule has 0 rings (SSSR count). The van der Waals surface area contributed by atoms with E-state index in [0.29, 0.717) is 5.92 Å². The highest BCUT2D eigenvalue weighted by atomic mass is 16.3. The van der Waals surface area contributed by atoms with Crippen molar-refractivity contribution in [1.29, 1.82) is 0 Å². The molecule has 4 nitrogen and oxygen atoms in total. The van der Waals surface area contributed by atoms with E-state index < -0.39 is 0 Å². The van der Waals surface area contributed by atoms with Gasteiger partial charge in [0.25, 0.3) is 0 Å². The topological polar surface area (TPSA) is 61.4 Å². The van der Waals surface area contributed by atoms with Gasteiger partial charge in [-0.05, 0) is 40.0 Å². The van der Waals surface area contributed by atoms with E-state index in [1.54, 1.807) is 0 Å². The first-order valence-corrected chi connectivity index (χ1v) is 6.34. The fourth-order valence-corrected chi connectivity index (χ4v) is 1.67. The lowest BCUT2D eigenvalue weighted by Gasteiger charge is -2.26. The zero-order valence-electron chi connectivity index (χ0n) is 12.0. The lowest BCUT2D eigenvalue weighted by molar-refractivity contribution is -0.124. The van der Waals surface area contributed by atoms with Gasteiger partial charge in [0.15, 0.2) is 0 Å². The molecule has 0 aliphatic carbocycles. The van der Waals surface area contributed by atoms with Gasteiger partial charge in [0, 0.05) is 11.6 Å². The van der Waals surface area contributed by atoms with Gasteiger partial charge in [-0.1, -0.05) is 13.8 Å². The van der Waals surface area contributed by atoms with Crippen molar-refractivity contribution in [3.63, 3.8) is 0 Å². The molecule has 3 N–H and O–H groups in total. The summed E-state index contributed by atoms with van der Waals surface area (Å²) in [6.07, 6.45) is 0.865. The summed E-state index contributed by atoms with van der Waals surface area (Å²) in [6.45, 7) is 11.9. The maximum atomic E-state index is 11.8. The van der Waals surface area contributed by atoms with Crippen LogP contribution in [0.15, 0.2) is 0 Å². The third kappa shape index (κ3) is 8.16. The summed E-state index contributed by atoms with van der Waals surface area (Å²) in [4.78, 5) is 11.8. The molecule has 0 spiro atoms. The largest absolute Gasteiger partial charge is 0.395 e. The first-order valence-electron chi connectivity index (χ1n) is 6.34. The molecule has 0 fully saturated rings. The van der Waals surface area contributed by atoms with Crippen LogP contribution in [0.4, 0.5) is 0 Å². The standard InChI is InChI=1S/C13H28N2O2/c1-9(2)7-11(8-16)14-10(3)12(17)15-13(4,5)6/h9-11,14,16H,7-8H2,1-6H3,(H,15,17). The lowest BCUT2D eigenvalue weighted by Crippen LogP contribution is -2.52. The highest BCUT2D eigenvalue weighted by Crippen LogP contribution is 2.06. The molecule has 1 amide bonds. The molecule has 0 aromatic carbocycles. The maximum absolute atomic E-state index is 11.8. The van der Waals surface area contributed by atoms with Gasteiger partial charge in [0.05, 0.1) is 12.6 Å². The third-order valence-electron chi connectivity index (χ3n) is 2.35. The van der Waals surface area contributed by atoms with Crippen LogP contribution in [0, 0.1) is 5.92 Å². The van der Waals surface area contributed by atoms with Crippen LogP contribution in [-0.4, -0.2) is 35.2 Å². The minimum Gasteiger partial charge on any atom is -0.395 e. The Morgan fingerprint density at radius 2 is 1.76 bits per heavy atom. The van der Waals surface area contributed by atoms with E-state index in [-0.39, 0.29) is 30.1 Å². The molecule has 0 saturated carbocycles. The number of hydrogen-bond donors (Lipinski definition) is 3. The lowest BCUT2D eigenvalue weighted by atomic mass is 10.0. The van der Waals surface area contributed by atoms with Gasteiger partial charge in [-0.2, -0.15) is 0 Å². The van der Waals surface area contributed by atoms with Crippen LogP contribution in [0.2, 0.25) is 0 Å². The summed E-state index contributed by atoms with van der Waals surface area (Å²) in [7, 11) is 0. The van der Waals surface area contributed by atoms with E-state index >= 15 is 0 Å². The fourth-order valence-electron chi connectivity index (χ4n) is 1.67. The van der Waals surface area contributed by atoms with Gasteiger partial charge in [-0.3, -0.25) is 4.79 Å². The van der Waals surface area contributed by atoms with Crippen LogP contribution in [0.3, 0.4) is 0 Å². The number of hydrogen-bond acceptors (Lipinski definition) is 3. The minimum atomic E-state index is -0.287. The van der Waals surface area contributed by atoms with Crippen LogP contribution in [0.5, 0.6) is 0 Å². The third-order valence-corrected chi connectivity index (χ3v) is 2.35. The Morgan fingerprint density at radius 1 is 1.24 bits per heavy atom. The molecule has 2 atom stereocenters. The monoisotopic (exact) mass is 244 g/mol. The van der Waals surface area contributed by atoms with E-state index in [0.717, 1.165) is 6.42 Å². The van der Waals surface area contributed by atoms with Crippen molar-refractivity contribution in [2.45, 2.75) is 65.6 Å². The Kier molecular flexibility index (Phi) is 6.72. The first-order chi connectivity index (χ1) is 7.65. The summed E-state index contributed by atoms with van der Waals surface area (Å²) in [5, 5.41) is 15.3. The second kappa shape index (κ2) is 6.97. The number of carbonyl (C=O) groups excluding carboxylic acids is 1. The molecule has 2 unspecified atom stereocenters. The van der Waals surface area contributed by atoms with Crippen molar-refractivity contribution in [2.75, 3.05) is 6.61 Å². The Balaban J connectivity index is 4.22. The van der Waals surface area contributed by atoms with E-state index in [1.165, 1.54) is 0 Å². The summed E-state index contributed by atoms with van der Waals surface area (Å²) < 4.78 is 0. The molecule has 0 aromatic rings. The van der Waals surface area contributed by atoms with Gasteiger partial charge < -0.3 is 15.7 Å². The summed E-state index contributed by atoms with van der Waals surface area (Å²) >= 11 is 0. The van der Waals surface area contributed by atoms with E-state index in [4.69, 9.17) is 0 Å². The average molecular weight is 244 g/mol. The maximum Gasteiger partial charge on any atom is 0.237 e.